The summed E-state index contributed by atoms with van der Waals surface area (Å²) in [4.78, 5) is 25.3. The molecule has 0 aliphatic rings. The number of thiophene rings is 1. The molecule has 2 heterocycles. The van der Waals surface area contributed by atoms with E-state index in [1.54, 1.807) is 44.6 Å². The molecular weight excluding hydrogens is 448 g/mol. The number of rotatable bonds is 7. The number of nitrogens with zero attached hydrogens (tertiary/aromatic N) is 3. The highest BCUT2D eigenvalue weighted by Crippen LogP contribution is 2.37. The second-order valence-electron chi connectivity index (χ2n) is 8.19. The van der Waals surface area contributed by atoms with Crippen LogP contribution in [0, 0.1) is 6.92 Å². The minimum atomic E-state index is -0.00198. The van der Waals surface area contributed by atoms with E-state index >= 15 is 0 Å². The second kappa shape index (κ2) is 9.69. The van der Waals surface area contributed by atoms with E-state index < -0.39 is 0 Å². The molecule has 0 unspecified atom stereocenters. The zero-order valence-corrected chi connectivity index (χ0v) is 21.0. The number of carbonyl (C=O) groups is 1. The van der Waals surface area contributed by atoms with Crippen molar-refractivity contribution in [2.45, 2.75) is 19.9 Å². The Balaban J connectivity index is 1.59. The Morgan fingerprint density at radius 2 is 1.68 bits per heavy atom. The number of aromatic nitrogens is 2. The highest BCUT2D eigenvalue weighted by atomic mass is 32.1. The molecule has 0 spiro atoms. The molecule has 7 nitrogen and oxygen atoms in total. The Morgan fingerprint density at radius 3 is 2.32 bits per heavy atom. The van der Waals surface area contributed by atoms with Crippen molar-refractivity contribution in [2.75, 3.05) is 33.6 Å². The number of anilines is 1. The van der Waals surface area contributed by atoms with Gasteiger partial charge in [0.25, 0.3) is 5.91 Å². The number of methoxy groups -OCH3 is 2. The molecular formula is C26H28N4O3S. The van der Waals surface area contributed by atoms with Gasteiger partial charge in [-0.05, 0) is 49.7 Å². The van der Waals surface area contributed by atoms with Gasteiger partial charge in [-0.1, -0.05) is 12.1 Å². The van der Waals surface area contributed by atoms with Crippen molar-refractivity contribution < 1.29 is 14.3 Å². The topological polar surface area (TPSA) is 76.6 Å². The number of carbonyl (C=O) groups excluding carboxylic acids is 1. The van der Waals surface area contributed by atoms with Gasteiger partial charge in [-0.25, -0.2) is 9.97 Å². The van der Waals surface area contributed by atoms with Crippen LogP contribution in [0.4, 0.5) is 5.82 Å². The molecule has 176 valence electrons. The second-order valence-corrected chi connectivity index (χ2v) is 9.30. The SMILES string of the molecule is COc1cc2nc(C)nc(N[C@@H](C)c3ccc(-c4ccc(C(=O)N(C)C)cc4)s3)c2cc1OC. The standard InChI is InChI=1S/C26H28N4O3S/c1-15(23-11-12-24(34-23)17-7-9-18(10-8-17)26(31)30(3)4)27-25-19-13-21(32-5)22(33-6)14-20(19)28-16(2)29-25/h7-15H,1-6H3,(H,27,28,29)/t15-/m0/s1. The van der Waals surface area contributed by atoms with E-state index in [2.05, 4.69) is 34.3 Å². The molecule has 1 atom stereocenters. The van der Waals surface area contributed by atoms with Crippen LogP contribution in [-0.4, -0.2) is 49.1 Å². The molecule has 0 aliphatic heterocycles. The zero-order chi connectivity index (χ0) is 24.4. The fraction of sp³-hybridized carbons (Fsp3) is 0.269. The lowest BCUT2D eigenvalue weighted by molar-refractivity contribution is 0.0827. The molecule has 1 N–H and O–H groups in total. The van der Waals surface area contributed by atoms with Gasteiger partial charge in [0.05, 0.1) is 25.8 Å². The maximum atomic E-state index is 12.1. The summed E-state index contributed by atoms with van der Waals surface area (Å²) >= 11 is 1.71. The van der Waals surface area contributed by atoms with E-state index in [1.807, 2.05) is 43.3 Å². The van der Waals surface area contributed by atoms with Crippen LogP contribution in [0.25, 0.3) is 21.3 Å². The third kappa shape index (κ3) is 4.68. The Labute approximate surface area is 203 Å². The van der Waals surface area contributed by atoms with Gasteiger partial charge in [0, 0.05) is 40.9 Å². The largest absolute Gasteiger partial charge is 0.493 e. The summed E-state index contributed by atoms with van der Waals surface area (Å²) in [5.74, 6) is 2.69. The molecule has 2 aromatic heterocycles. The number of hydrogen-bond donors (Lipinski definition) is 1. The monoisotopic (exact) mass is 476 g/mol. The summed E-state index contributed by atoms with van der Waals surface area (Å²) < 4.78 is 10.9. The van der Waals surface area contributed by atoms with Crippen molar-refractivity contribution >= 4 is 34.0 Å². The number of amides is 1. The summed E-state index contributed by atoms with van der Waals surface area (Å²) in [6, 6.07) is 15.8. The highest BCUT2D eigenvalue weighted by molar-refractivity contribution is 7.15. The summed E-state index contributed by atoms with van der Waals surface area (Å²) in [6.07, 6.45) is 0. The van der Waals surface area contributed by atoms with Gasteiger partial charge in [-0.2, -0.15) is 0 Å². The maximum absolute atomic E-state index is 12.1. The van der Waals surface area contributed by atoms with Crippen molar-refractivity contribution in [3.05, 3.63) is 64.8 Å². The predicted octanol–water partition coefficient (Wildman–Crippen LogP) is 5.56. The molecule has 0 aliphatic carbocycles. The minimum absolute atomic E-state index is 0.00198. The Kier molecular flexibility index (Phi) is 6.70. The third-order valence-electron chi connectivity index (χ3n) is 5.54. The first kappa shape index (κ1) is 23.5. The van der Waals surface area contributed by atoms with E-state index in [-0.39, 0.29) is 11.9 Å². The van der Waals surface area contributed by atoms with Gasteiger partial charge in [-0.3, -0.25) is 4.79 Å². The molecule has 4 aromatic rings. The molecule has 0 saturated heterocycles. The average Bonchev–Trinajstić information content (AvgIpc) is 3.33. The van der Waals surface area contributed by atoms with E-state index in [0.29, 0.717) is 22.9 Å². The molecule has 0 radical (unpaired) electrons. The van der Waals surface area contributed by atoms with Crippen molar-refractivity contribution in [3.63, 3.8) is 0 Å². The highest BCUT2D eigenvalue weighted by Gasteiger charge is 2.16. The molecule has 4 rings (SSSR count). The normalized spacial score (nSPS) is 11.8. The van der Waals surface area contributed by atoms with Crippen molar-refractivity contribution in [1.29, 1.82) is 0 Å². The van der Waals surface area contributed by atoms with Gasteiger partial charge in [0.1, 0.15) is 11.6 Å². The van der Waals surface area contributed by atoms with E-state index in [4.69, 9.17) is 9.47 Å². The summed E-state index contributed by atoms with van der Waals surface area (Å²) in [7, 11) is 6.74. The molecule has 0 bridgehead atoms. The summed E-state index contributed by atoms with van der Waals surface area (Å²) in [5.41, 5.74) is 2.55. The van der Waals surface area contributed by atoms with Crippen LogP contribution in [-0.2, 0) is 0 Å². The van der Waals surface area contributed by atoms with E-state index in [9.17, 15) is 4.79 Å². The van der Waals surface area contributed by atoms with Crippen LogP contribution >= 0.6 is 11.3 Å². The number of nitrogens with one attached hydrogen (secondary N) is 1. The fourth-order valence-corrected chi connectivity index (χ4v) is 4.75. The lowest BCUT2D eigenvalue weighted by Crippen LogP contribution is -2.21. The Morgan fingerprint density at radius 1 is 1.00 bits per heavy atom. The molecule has 0 saturated carbocycles. The maximum Gasteiger partial charge on any atom is 0.253 e. The lowest BCUT2D eigenvalue weighted by atomic mass is 10.1. The van der Waals surface area contributed by atoms with E-state index in [0.717, 1.165) is 27.2 Å². The fourth-order valence-electron chi connectivity index (χ4n) is 3.73. The lowest BCUT2D eigenvalue weighted by Gasteiger charge is -2.16. The van der Waals surface area contributed by atoms with Crippen molar-refractivity contribution in [1.82, 2.24) is 14.9 Å². The van der Waals surface area contributed by atoms with Crippen molar-refractivity contribution in [2.24, 2.45) is 0 Å². The van der Waals surface area contributed by atoms with Gasteiger partial charge >= 0.3 is 0 Å². The number of fused-ring (bicyclic) bond motifs is 1. The Bertz CT molecular complexity index is 1330. The van der Waals surface area contributed by atoms with E-state index in [1.165, 1.54) is 4.88 Å². The summed E-state index contributed by atoms with van der Waals surface area (Å²) in [5, 5.41) is 4.41. The first-order valence-corrected chi connectivity index (χ1v) is 11.7. The molecule has 1 amide bonds. The first-order chi connectivity index (χ1) is 16.3. The number of hydrogen-bond acceptors (Lipinski definition) is 7. The average molecular weight is 477 g/mol. The minimum Gasteiger partial charge on any atom is -0.493 e. The van der Waals surface area contributed by atoms with Gasteiger partial charge in [0.2, 0.25) is 0 Å². The molecule has 0 fully saturated rings. The van der Waals surface area contributed by atoms with Crippen LogP contribution in [0.1, 0.15) is 34.0 Å². The third-order valence-corrected chi connectivity index (χ3v) is 6.86. The van der Waals surface area contributed by atoms with Crippen molar-refractivity contribution in [3.8, 4) is 21.9 Å². The van der Waals surface area contributed by atoms with Crippen LogP contribution in [0.5, 0.6) is 11.5 Å². The summed E-state index contributed by atoms with van der Waals surface area (Å²) in [6.45, 7) is 3.98. The molecule has 8 heteroatoms. The van der Waals surface area contributed by atoms with Crippen LogP contribution in [0.2, 0.25) is 0 Å². The van der Waals surface area contributed by atoms with Crippen LogP contribution in [0.3, 0.4) is 0 Å². The van der Waals surface area contributed by atoms with Gasteiger partial charge in [0.15, 0.2) is 11.5 Å². The van der Waals surface area contributed by atoms with Gasteiger partial charge < -0.3 is 19.7 Å². The quantitative estimate of drug-likeness (QED) is 0.376. The first-order valence-electron chi connectivity index (χ1n) is 10.9. The van der Waals surface area contributed by atoms with Crippen LogP contribution < -0.4 is 14.8 Å². The van der Waals surface area contributed by atoms with Gasteiger partial charge in [-0.15, -0.1) is 11.3 Å². The molecule has 34 heavy (non-hydrogen) atoms. The smallest absolute Gasteiger partial charge is 0.253 e. The predicted molar refractivity (Wildman–Crippen MR) is 137 cm³/mol. The number of ether oxygens (including phenoxy) is 2. The zero-order valence-electron chi connectivity index (χ0n) is 20.2. The number of aryl methyl sites for hydroxylation is 1. The van der Waals surface area contributed by atoms with Crippen LogP contribution in [0.15, 0.2) is 48.5 Å². The number of benzene rings is 2. The molecule has 2 aromatic carbocycles. The Hall–Kier alpha value is -3.65.